The van der Waals surface area contributed by atoms with E-state index in [1.54, 1.807) is 55.5 Å². The molecule has 3 aromatic carbocycles. The molecule has 1 aliphatic rings. The minimum absolute atomic E-state index is 0.0461. The molecule has 1 amide bonds. The van der Waals surface area contributed by atoms with Gasteiger partial charge in [-0.15, -0.1) is 0 Å². The number of phenols is 1. The van der Waals surface area contributed by atoms with Crippen LogP contribution in [0.25, 0.3) is 5.76 Å². The third kappa shape index (κ3) is 5.03. The Morgan fingerprint density at radius 3 is 2.16 bits per heavy atom. The van der Waals surface area contributed by atoms with Crippen LogP contribution in [0.1, 0.15) is 56.3 Å². The van der Waals surface area contributed by atoms with Gasteiger partial charge >= 0.3 is 0 Å². The van der Waals surface area contributed by atoms with Gasteiger partial charge in [0.25, 0.3) is 11.7 Å². The molecule has 0 aromatic heterocycles. The van der Waals surface area contributed by atoms with Crippen molar-refractivity contribution in [3.63, 3.8) is 0 Å². The Morgan fingerprint density at radius 1 is 0.919 bits per heavy atom. The van der Waals surface area contributed by atoms with E-state index >= 15 is 0 Å². The third-order valence-electron chi connectivity index (χ3n) is 6.32. The van der Waals surface area contributed by atoms with Crippen LogP contribution in [0, 0.1) is 0 Å². The van der Waals surface area contributed by atoms with Crippen molar-refractivity contribution in [3.05, 3.63) is 89.0 Å². The zero-order chi connectivity index (χ0) is 26.7. The first-order chi connectivity index (χ1) is 17.8. The van der Waals surface area contributed by atoms with E-state index in [9.17, 15) is 19.8 Å². The number of ether oxygens (including phenoxy) is 2. The minimum Gasteiger partial charge on any atom is -0.507 e. The first-order valence-electron chi connectivity index (χ1n) is 12.4. The number of phenolic OH excluding ortho intramolecular Hbond substituents is 1. The normalized spacial score (nSPS) is 16.9. The standard InChI is InChI=1S/C30H31NO6/c1-5-36-23-14-9-20(10-15-23)28(33)26-27(21-11-16-24(32)25(17-21)37-6-2)31(30(35)29(26)34)22-12-7-19(8-13-22)18(3)4/h7-18,27,32-33H,5-6H2,1-4H3/b28-26-. The molecule has 1 heterocycles. The lowest BCUT2D eigenvalue weighted by Crippen LogP contribution is -2.29. The number of hydrogen-bond donors (Lipinski definition) is 2. The Balaban J connectivity index is 1.89. The predicted molar refractivity (Wildman–Crippen MR) is 142 cm³/mol. The van der Waals surface area contributed by atoms with Crippen molar-refractivity contribution in [2.24, 2.45) is 0 Å². The maximum absolute atomic E-state index is 13.4. The Labute approximate surface area is 216 Å². The van der Waals surface area contributed by atoms with Gasteiger partial charge in [0.2, 0.25) is 0 Å². The Bertz CT molecular complexity index is 1330. The highest BCUT2D eigenvalue weighted by atomic mass is 16.5. The van der Waals surface area contributed by atoms with Crippen molar-refractivity contribution < 1.29 is 29.3 Å². The average molecular weight is 502 g/mol. The summed E-state index contributed by atoms with van der Waals surface area (Å²) in [6.07, 6.45) is 0. The van der Waals surface area contributed by atoms with Crippen LogP contribution in [-0.4, -0.2) is 35.1 Å². The van der Waals surface area contributed by atoms with Gasteiger partial charge in [-0.1, -0.05) is 32.0 Å². The fraction of sp³-hybridized carbons (Fsp3) is 0.267. The molecular formula is C30H31NO6. The Morgan fingerprint density at radius 2 is 1.57 bits per heavy atom. The van der Waals surface area contributed by atoms with Crippen LogP contribution in [-0.2, 0) is 9.59 Å². The number of carbonyl (C=O) groups is 2. The molecular weight excluding hydrogens is 470 g/mol. The summed E-state index contributed by atoms with van der Waals surface area (Å²) in [5, 5.41) is 21.6. The zero-order valence-corrected chi connectivity index (χ0v) is 21.4. The molecule has 1 fully saturated rings. The molecule has 7 nitrogen and oxygen atoms in total. The second-order valence-electron chi connectivity index (χ2n) is 9.03. The number of Topliss-reactive ketones (excluding diaryl/α,β-unsaturated/α-hetero) is 1. The monoisotopic (exact) mass is 501 g/mol. The molecule has 4 rings (SSSR count). The summed E-state index contributed by atoms with van der Waals surface area (Å²) in [7, 11) is 0. The van der Waals surface area contributed by atoms with Crippen molar-refractivity contribution >= 4 is 23.1 Å². The number of aliphatic hydroxyl groups excluding tert-OH is 1. The van der Waals surface area contributed by atoms with Crippen LogP contribution in [0.5, 0.6) is 17.2 Å². The van der Waals surface area contributed by atoms with E-state index in [0.29, 0.717) is 41.7 Å². The number of amides is 1. The van der Waals surface area contributed by atoms with E-state index in [1.165, 1.54) is 11.0 Å². The lowest BCUT2D eigenvalue weighted by molar-refractivity contribution is -0.132. The highest BCUT2D eigenvalue weighted by molar-refractivity contribution is 6.51. The van der Waals surface area contributed by atoms with Crippen LogP contribution in [0.4, 0.5) is 5.69 Å². The number of hydrogen-bond acceptors (Lipinski definition) is 6. The maximum atomic E-state index is 13.4. The van der Waals surface area contributed by atoms with Gasteiger partial charge in [0.1, 0.15) is 11.5 Å². The largest absolute Gasteiger partial charge is 0.507 e. The molecule has 1 saturated heterocycles. The number of aromatic hydroxyl groups is 1. The summed E-state index contributed by atoms with van der Waals surface area (Å²) in [6, 6.07) is 17.9. The number of ketones is 1. The molecule has 0 aliphatic carbocycles. The highest BCUT2D eigenvalue weighted by Gasteiger charge is 2.47. The third-order valence-corrected chi connectivity index (χ3v) is 6.32. The van der Waals surface area contributed by atoms with Crippen molar-refractivity contribution in [3.8, 4) is 17.2 Å². The number of rotatable bonds is 8. The SMILES string of the molecule is CCOc1ccc(/C(O)=C2/C(=O)C(=O)N(c3ccc(C(C)C)cc3)C2c2ccc(O)c(OCC)c2)cc1. The maximum Gasteiger partial charge on any atom is 0.300 e. The number of carbonyl (C=O) groups excluding carboxylic acids is 2. The van der Waals surface area contributed by atoms with Crippen molar-refractivity contribution in [1.82, 2.24) is 0 Å². The van der Waals surface area contributed by atoms with Gasteiger partial charge in [-0.3, -0.25) is 14.5 Å². The van der Waals surface area contributed by atoms with E-state index in [4.69, 9.17) is 9.47 Å². The van der Waals surface area contributed by atoms with Crippen molar-refractivity contribution in [2.45, 2.75) is 39.7 Å². The van der Waals surface area contributed by atoms with E-state index in [1.807, 2.05) is 19.1 Å². The fourth-order valence-corrected chi connectivity index (χ4v) is 4.44. The molecule has 2 N–H and O–H groups in total. The fourth-order valence-electron chi connectivity index (χ4n) is 4.44. The summed E-state index contributed by atoms with van der Waals surface area (Å²) < 4.78 is 11.0. The molecule has 1 unspecified atom stereocenters. The predicted octanol–water partition coefficient (Wildman–Crippen LogP) is 5.94. The average Bonchev–Trinajstić information content (AvgIpc) is 3.16. The Hall–Kier alpha value is -4.26. The van der Waals surface area contributed by atoms with Crippen LogP contribution in [0.2, 0.25) is 0 Å². The smallest absolute Gasteiger partial charge is 0.300 e. The zero-order valence-electron chi connectivity index (χ0n) is 21.4. The first kappa shape index (κ1) is 25.8. The minimum atomic E-state index is -0.934. The van der Waals surface area contributed by atoms with Gasteiger partial charge in [-0.25, -0.2) is 0 Å². The van der Waals surface area contributed by atoms with Crippen LogP contribution in [0.3, 0.4) is 0 Å². The van der Waals surface area contributed by atoms with Gasteiger partial charge in [0, 0.05) is 11.3 Å². The van der Waals surface area contributed by atoms with Crippen molar-refractivity contribution in [1.29, 1.82) is 0 Å². The lowest BCUT2D eigenvalue weighted by Gasteiger charge is -2.26. The molecule has 37 heavy (non-hydrogen) atoms. The van der Waals surface area contributed by atoms with E-state index < -0.39 is 17.7 Å². The molecule has 7 heteroatoms. The second-order valence-corrected chi connectivity index (χ2v) is 9.03. The summed E-state index contributed by atoms with van der Waals surface area (Å²) >= 11 is 0. The molecule has 3 aromatic rings. The van der Waals surface area contributed by atoms with Gasteiger partial charge in [0.15, 0.2) is 11.5 Å². The molecule has 0 radical (unpaired) electrons. The molecule has 1 aliphatic heterocycles. The number of nitrogens with zero attached hydrogens (tertiary/aromatic N) is 1. The summed E-state index contributed by atoms with van der Waals surface area (Å²) in [5.74, 6) is -0.751. The highest BCUT2D eigenvalue weighted by Crippen LogP contribution is 2.44. The molecule has 0 saturated carbocycles. The van der Waals surface area contributed by atoms with E-state index in [-0.39, 0.29) is 22.8 Å². The number of anilines is 1. The summed E-state index contributed by atoms with van der Waals surface area (Å²) in [5.41, 5.74) is 2.46. The number of aliphatic hydroxyl groups is 1. The molecule has 1 atom stereocenters. The second kappa shape index (κ2) is 10.8. The molecule has 0 bridgehead atoms. The first-order valence-corrected chi connectivity index (χ1v) is 12.4. The van der Waals surface area contributed by atoms with Gasteiger partial charge in [-0.05, 0) is 79.4 Å². The van der Waals surface area contributed by atoms with Crippen LogP contribution in [0.15, 0.2) is 72.3 Å². The van der Waals surface area contributed by atoms with E-state index in [0.717, 1.165) is 5.56 Å². The van der Waals surface area contributed by atoms with Gasteiger partial charge in [-0.2, -0.15) is 0 Å². The molecule has 0 spiro atoms. The quantitative estimate of drug-likeness (QED) is 0.225. The topological polar surface area (TPSA) is 96.3 Å². The summed E-state index contributed by atoms with van der Waals surface area (Å²) in [6.45, 7) is 8.63. The summed E-state index contributed by atoms with van der Waals surface area (Å²) in [4.78, 5) is 28.2. The van der Waals surface area contributed by atoms with Crippen LogP contribution >= 0.6 is 0 Å². The Kier molecular flexibility index (Phi) is 7.53. The molecule has 192 valence electrons. The van der Waals surface area contributed by atoms with Crippen molar-refractivity contribution in [2.75, 3.05) is 18.1 Å². The van der Waals surface area contributed by atoms with Gasteiger partial charge < -0.3 is 19.7 Å². The lowest BCUT2D eigenvalue weighted by atomic mass is 9.94. The van der Waals surface area contributed by atoms with E-state index in [2.05, 4.69) is 13.8 Å². The van der Waals surface area contributed by atoms with Gasteiger partial charge in [0.05, 0.1) is 24.8 Å². The number of benzene rings is 3. The van der Waals surface area contributed by atoms with Crippen LogP contribution < -0.4 is 14.4 Å².